The van der Waals surface area contributed by atoms with Crippen LogP contribution in [0.2, 0.25) is 0 Å². The predicted molar refractivity (Wildman–Crippen MR) is 59.3 cm³/mol. The van der Waals surface area contributed by atoms with Gasteiger partial charge >= 0.3 is 0 Å². The van der Waals surface area contributed by atoms with Gasteiger partial charge in [0.05, 0.1) is 0 Å². The maximum Gasteiger partial charge on any atom is 0.263 e. The SMILES string of the molecule is CC(C)(C)CNc1cccc(C(F)F)c1. The predicted octanol–water partition coefficient (Wildman–Crippen LogP) is 4.08. The summed E-state index contributed by atoms with van der Waals surface area (Å²) < 4.78 is 24.8. The van der Waals surface area contributed by atoms with E-state index >= 15 is 0 Å². The number of nitrogens with one attached hydrogen (secondary N) is 1. The summed E-state index contributed by atoms with van der Waals surface area (Å²) in [5, 5.41) is 3.15. The topological polar surface area (TPSA) is 12.0 Å². The molecule has 0 atom stereocenters. The summed E-state index contributed by atoms with van der Waals surface area (Å²) in [5.74, 6) is 0. The van der Waals surface area contributed by atoms with Gasteiger partial charge in [-0.1, -0.05) is 32.9 Å². The van der Waals surface area contributed by atoms with Crippen molar-refractivity contribution >= 4 is 5.69 Å². The maximum atomic E-state index is 12.4. The van der Waals surface area contributed by atoms with Gasteiger partial charge in [-0.25, -0.2) is 8.78 Å². The monoisotopic (exact) mass is 213 g/mol. The summed E-state index contributed by atoms with van der Waals surface area (Å²) in [7, 11) is 0. The van der Waals surface area contributed by atoms with Crippen LogP contribution in [0.15, 0.2) is 24.3 Å². The molecule has 0 saturated carbocycles. The van der Waals surface area contributed by atoms with Crippen LogP contribution in [0.1, 0.15) is 32.8 Å². The van der Waals surface area contributed by atoms with Gasteiger partial charge in [-0.05, 0) is 17.5 Å². The van der Waals surface area contributed by atoms with E-state index in [-0.39, 0.29) is 11.0 Å². The lowest BCUT2D eigenvalue weighted by molar-refractivity contribution is 0.151. The van der Waals surface area contributed by atoms with Crippen LogP contribution in [-0.2, 0) is 0 Å². The summed E-state index contributed by atoms with van der Waals surface area (Å²) in [6.45, 7) is 7.05. The van der Waals surface area contributed by atoms with E-state index < -0.39 is 6.43 Å². The molecule has 0 aliphatic rings. The molecule has 1 aromatic rings. The van der Waals surface area contributed by atoms with Gasteiger partial charge in [-0.3, -0.25) is 0 Å². The van der Waals surface area contributed by atoms with Crippen molar-refractivity contribution in [3.05, 3.63) is 29.8 Å². The molecule has 0 heterocycles. The van der Waals surface area contributed by atoms with E-state index in [0.29, 0.717) is 0 Å². The lowest BCUT2D eigenvalue weighted by Gasteiger charge is -2.19. The molecule has 0 radical (unpaired) electrons. The van der Waals surface area contributed by atoms with Gasteiger partial charge in [0.1, 0.15) is 0 Å². The van der Waals surface area contributed by atoms with E-state index in [1.807, 2.05) is 0 Å². The summed E-state index contributed by atoms with van der Waals surface area (Å²) in [6, 6.07) is 6.38. The molecule has 0 aliphatic carbocycles. The van der Waals surface area contributed by atoms with E-state index in [4.69, 9.17) is 0 Å². The Morgan fingerprint density at radius 3 is 2.47 bits per heavy atom. The molecule has 1 aromatic carbocycles. The van der Waals surface area contributed by atoms with Crippen LogP contribution in [0.5, 0.6) is 0 Å². The number of anilines is 1. The molecule has 0 aliphatic heterocycles. The quantitative estimate of drug-likeness (QED) is 0.797. The van der Waals surface area contributed by atoms with E-state index in [0.717, 1.165) is 12.2 Å². The summed E-state index contributed by atoms with van der Waals surface area (Å²) >= 11 is 0. The van der Waals surface area contributed by atoms with Gasteiger partial charge in [0, 0.05) is 17.8 Å². The number of rotatable bonds is 3. The highest BCUT2D eigenvalue weighted by atomic mass is 19.3. The summed E-state index contributed by atoms with van der Waals surface area (Å²) in [6.07, 6.45) is -2.40. The number of alkyl halides is 2. The fraction of sp³-hybridized carbons (Fsp3) is 0.500. The van der Waals surface area contributed by atoms with Crippen molar-refractivity contribution in [2.45, 2.75) is 27.2 Å². The molecule has 0 unspecified atom stereocenters. The number of hydrogen-bond donors (Lipinski definition) is 1. The zero-order valence-electron chi connectivity index (χ0n) is 9.35. The third kappa shape index (κ3) is 4.28. The largest absolute Gasteiger partial charge is 0.385 e. The Bertz CT molecular complexity index is 316. The van der Waals surface area contributed by atoms with Crippen molar-refractivity contribution < 1.29 is 8.78 Å². The molecule has 0 amide bonds. The molecule has 0 fully saturated rings. The minimum atomic E-state index is -2.40. The standard InChI is InChI=1S/C12H17F2N/c1-12(2,3)8-15-10-6-4-5-9(7-10)11(13)14/h4-7,11,15H,8H2,1-3H3. The zero-order chi connectivity index (χ0) is 11.5. The average molecular weight is 213 g/mol. The molecule has 0 saturated heterocycles. The Labute approximate surface area is 89.5 Å². The second-order valence-electron chi connectivity index (χ2n) is 4.84. The van der Waals surface area contributed by atoms with Gasteiger partial charge < -0.3 is 5.32 Å². The minimum Gasteiger partial charge on any atom is -0.385 e. The lowest BCUT2D eigenvalue weighted by Crippen LogP contribution is -2.18. The maximum absolute atomic E-state index is 12.4. The van der Waals surface area contributed by atoms with E-state index in [1.165, 1.54) is 12.1 Å². The molecular formula is C12H17F2N. The first kappa shape index (κ1) is 12.0. The molecule has 3 heteroatoms. The van der Waals surface area contributed by atoms with Crippen molar-refractivity contribution in [2.24, 2.45) is 5.41 Å². The Balaban J connectivity index is 2.66. The van der Waals surface area contributed by atoms with Crippen molar-refractivity contribution in [2.75, 3.05) is 11.9 Å². The molecule has 0 bridgehead atoms. The molecule has 1 nitrogen and oxygen atoms in total. The van der Waals surface area contributed by atoms with Gasteiger partial charge in [0.15, 0.2) is 0 Å². The average Bonchev–Trinajstić information content (AvgIpc) is 2.14. The summed E-state index contributed by atoms with van der Waals surface area (Å²) in [5.41, 5.74) is 0.956. The molecule has 84 valence electrons. The van der Waals surface area contributed by atoms with Gasteiger partial charge in [0.25, 0.3) is 6.43 Å². The third-order valence-corrected chi connectivity index (χ3v) is 1.96. The lowest BCUT2D eigenvalue weighted by atomic mass is 9.97. The molecule has 0 aromatic heterocycles. The zero-order valence-corrected chi connectivity index (χ0v) is 9.35. The fourth-order valence-electron chi connectivity index (χ4n) is 1.15. The third-order valence-electron chi connectivity index (χ3n) is 1.96. The second-order valence-corrected chi connectivity index (χ2v) is 4.84. The number of halogens is 2. The van der Waals surface area contributed by atoms with Crippen molar-refractivity contribution in [1.82, 2.24) is 0 Å². The van der Waals surface area contributed by atoms with Crippen molar-refractivity contribution in [3.8, 4) is 0 Å². The van der Waals surface area contributed by atoms with Crippen LogP contribution >= 0.6 is 0 Å². The Morgan fingerprint density at radius 1 is 1.27 bits per heavy atom. The van der Waals surface area contributed by atoms with E-state index in [2.05, 4.69) is 26.1 Å². The first-order valence-electron chi connectivity index (χ1n) is 5.00. The van der Waals surface area contributed by atoms with Crippen molar-refractivity contribution in [3.63, 3.8) is 0 Å². The molecule has 1 N–H and O–H groups in total. The highest BCUT2D eigenvalue weighted by Gasteiger charge is 2.10. The first-order chi connectivity index (χ1) is 6.88. The Hall–Kier alpha value is -1.12. The van der Waals surface area contributed by atoms with E-state index in [1.54, 1.807) is 12.1 Å². The van der Waals surface area contributed by atoms with Crippen molar-refractivity contribution in [1.29, 1.82) is 0 Å². The molecule has 0 spiro atoms. The van der Waals surface area contributed by atoms with E-state index in [9.17, 15) is 8.78 Å². The minimum absolute atomic E-state index is 0.0638. The normalized spacial score (nSPS) is 11.9. The second kappa shape index (κ2) is 4.60. The van der Waals surface area contributed by atoms with Gasteiger partial charge in [-0.2, -0.15) is 0 Å². The highest BCUT2D eigenvalue weighted by Crippen LogP contribution is 2.22. The van der Waals surface area contributed by atoms with Crippen LogP contribution < -0.4 is 5.32 Å². The Morgan fingerprint density at radius 2 is 1.93 bits per heavy atom. The highest BCUT2D eigenvalue weighted by molar-refractivity contribution is 5.46. The van der Waals surface area contributed by atoms with Crippen LogP contribution in [0.25, 0.3) is 0 Å². The van der Waals surface area contributed by atoms with Gasteiger partial charge in [-0.15, -0.1) is 0 Å². The van der Waals surface area contributed by atoms with Gasteiger partial charge in [0.2, 0.25) is 0 Å². The van der Waals surface area contributed by atoms with Crippen LogP contribution in [0, 0.1) is 5.41 Å². The fourth-order valence-corrected chi connectivity index (χ4v) is 1.15. The molecular weight excluding hydrogens is 196 g/mol. The Kier molecular flexibility index (Phi) is 3.66. The molecule has 1 rings (SSSR count). The van der Waals surface area contributed by atoms with Crippen LogP contribution in [-0.4, -0.2) is 6.54 Å². The van der Waals surface area contributed by atoms with Crippen LogP contribution in [0.4, 0.5) is 14.5 Å². The smallest absolute Gasteiger partial charge is 0.263 e. The van der Waals surface area contributed by atoms with Crippen LogP contribution in [0.3, 0.4) is 0 Å². The first-order valence-corrected chi connectivity index (χ1v) is 5.00. The summed E-state index contributed by atoms with van der Waals surface area (Å²) in [4.78, 5) is 0. The number of hydrogen-bond acceptors (Lipinski definition) is 1. The number of benzene rings is 1. The molecule has 15 heavy (non-hydrogen) atoms.